The van der Waals surface area contributed by atoms with Crippen molar-refractivity contribution in [2.24, 2.45) is 10.2 Å². The molecule has 0 atom stereocenters. The van der Waals surface area contributed by atoms with Gasteiger partial charge in [0, 0.05) is 17.7 Å². The molecule has 1 aromatic carbocycles. The van der Waals surface area contributed by atoms with Crippen LogP contribution in [0.5, 0.6) is 5.88 Å². The molecule has 1 aromatic heterocycles. The number of benzene rings is 1. The van der Waals surface area contributed by atoms with Crippen LogP contribution >= 0.6 is 23.6 Å². The number of hydrogen-bond donors (Lipinski definition) is 1. The molecule has 0 unspecified atom stereocenters. The van der Waals surface area contributed by atoms with E-state index in [2.05, 4.69) is 16.8 Å². The van der Waals surface area contributed by atoms with Crippen molar-refractivity contribution in [2.45, 2.75) is 6.54 Å². The molecule has 1 N–H and O–H groups in total. The molecular formula is C16H13N3OS2. The molecule has 0 aliphatic carbocycles. The van der Waals surface area contributed by atoms with Crippen LogP contribution in [0, 0.1) is 3.95 Å². The Hall–Kier alpha value is -2.31. The molecule has 4 nitrogen and oxygen atoms in total. The van der Waals surface area contributed by atoms with Crippen LogP contribution in [-0.2, 0) is 6.54 Å². The fourth-order valence-electron chi connectivity index (χ4n) is 2.13. The first-order valence-electron chi connectivity index (χ1n) is 6.62. The molecule has 2 aromatic rings. The number of thiazole rings is 1. The minimum Gasteiger partial charge on any atom is -0.493 e. The predicted octanol–water partition coefficient (Wildman–Crippen LogP) is 4.04. The van der Waals surface area contributed by atoms with E-state index in [0.29, 0.717) is 15.4 Å². The third-order valence-electron chi connectivity index (χ3n) is 3.17. The number of hydrogen-bond acceptors (Lipinski definition) is 5. The van der Waals surface area contributed by atoms with Gasteiger partial charge in [-0.25, -0.2) is 0 Å². The number of allylic oxidation sites excluding steroid dienone is 2. The van der Waals surface area contributed by atoms with Crippen LogP contribution in [0.25, 0.3) is 6.08 Å². The highest BCUT2D eigenvalue weighted by Crippen LogP contribution is 2.29. The highest BCUT2D eigenvalue weighted by Gasteiger charge is 2.16. The van der Waals surface area contributed by atoms with Crippen molar-refractivity contribution in [3.63, 3.8) is 0 Å². The van der Waals surface area contributed by atoms with Crippen LogP contribution in [0.4, 0.5) is 0 Å². The maximum Gasteiger partial charge on any atom is 0.210 e. The molecule has 110 valence electrons. The van der Waals surface area contributed by atoms with E-state index in [1.54, 1.807) is 16.9 Å². The van der Waals surface area contributed by atoms with Crippen LogP contribution in [0.1, 0.15) is 10.4 Å². The Morgan fingerprint density at radius 1 is 1.32 bits per heavy atom. The van der Waals surface area contributed by atoms with Crippen LogP contribution < -0.4 is 0 Å². The van der Waals surface area contributed by atoms with Crippen LogP contribution in [0.3, 0.4) is 0 Å². The van der Waals surface area contributed by atoms with Crippen molar-refractivity contribution in [3.05, 3.63) is 63.0 Å². The van der Waals surface area contributed by atoms with Gasteiger partial charge in [-0.05, 0) is 18.3 Å². The topological polar surface area (TPSA) is 49.9 Å². The molecule has 0 bridgehead atoms. The zero-order valence-corrected chi connectivity index (χ0v) is 13.3. The molecular weight excluding hydrogens is 314 g/mol. The van der Waals surface area contributed by atoms with E-state index in [1.807, 2.05) is 36.4 Å². The monoisotopic (exact) mass is 327 g/mol. The molecule has 2 heterocycles. The fraction of sp³-hybridized carbons (Fsp3) is 0.0625. The summed E-state index contributed by atoms with van der Waals surface area (Å²) in [5.74, 6) is 0.148. The molecule has 1 aliphatic heterocycles. The summed E-state index contributed by atoms with van der Waals surface area (Å²) in [6.07, 6.45) is 5.24. The second kappa shape index (κ2) is 6.21. The Bertz CT molecular complexity index is 857. The maximum absolute atomic E-state index is 10.3. The Morgan fingerprint density at radius 2 is 2.09 bits per heavy atom. The number of aromatic nitrogens is 1. The summed E-state index contributed by atoms with van der Waals surface area (Å²) in [5.41, 5.74) is 2.62. The minimum absolute atomic E-state index is 0.148. The average molecular weight is 327 g/mol. The first-order chi connectivity index (χ1) is 10.7. The molecule has 0 saturated carbocycles. The zero-order valence-electron chi connectivity index (χ0n) is 11.6. The van der Waals surface area contributed by atoms with Gasteiger partial charge in [0.05, 0.1) is 11.1 Å². The molecule has 0 spiro atoms. The largest absolute Gasteiger partial charge is 0.493 e. The van der Waals surface area contributed by atoms with Crippen molar-refractivity contribution in [1.29, 1.82) is 0 Å². The number of rotatable bonds is 4. The lowest BCUT2D eigenvalue weighted by atomic mass is 10.0. The second-order valence-corrected chi connectivity index (χ2v) is 6.29. The van der Waals surface area contributed by atoms with Gasteiger partial charge in [-0.3, -0.25) is 4.57 Å². The summed E-state index contributed by atoms with van der Waals surface area (Å²) in [6, 6.07) is 9.82. The summed E-state index contributed by atoms with van der Waals surface area (Å²) in [4.78, 5) is 0.693. The minimum atomic E-state index is 0.148. The zero-order chi connectivity index (χ0) is 15.5. The van der Waals surface area contributed by atoms with Gasteiger partial charge in [0.25, 0.3) is 0 Å². The van der Waals surface area contributed by atoms with Crippen LogP contribution in [-0.4, -0.2) is 21.6 Å². The molecule has 6 heteroatoms. The summed E-state index contributed by atoms with van der Waals surface area (Å²) < 4.78 is 2.25. The van der Waals surface area contributed by atoms with Crippen LogP contribution in [0.15, 0.2) is 58.8 Å². The van der Waals surface area contributed by atoms with Gasteiger partial charge < -0.3 is 5.11 Å². The lowest BCUT2D eigenvalue weighted by molar-refractivity contribution is 0.424. The van der Waals surface area contributed by atoms with E-state index in [1.165, 1.54) is 11.3 Å². The fourth-order valence-corrected chi connectivity index (χ4v) is 3.41. The Kier molecular flexibility index (Phi) is 4.13. The highest BCUT2D eigenvalue weighted by atomic mass is 32.1. The van der Waals surface area contributed by atoms with Crippen molar-refractivity contribution in [1.82, 2.24) is 4.57 Å². The smallest absolute Gasteiger partial charge is 0.210 e. The molecule has 0 radical (unpaired) electrons. The second-order valence-electron chi connectivity index (χ2n) is 4.61. The molecule has 0 fully saturated rings. The summed E-state index contributed by atoms with van der Waals surface area (Å²) >= 11 is 6.62. The van der Waals surface area contributed by atoms with E-state index in [-0.39, 0.29) is 5.88 Å². The van der Waals surface area contributed by atoms with E-state index in [0.717, 1.165) is 16.8 Å². The molecule has 1 aliphatic rings. The predicted molar refractivity (Wildman–Crippen MR) is 94.5 cm³/mol. The standard InChI is InChI=1S/C16H13N3OS2/c1-2-8-19-15(20)13(22-16(19)21)9-12-10-17-18-14(12)11-6-4-3-5-7-11/h2-7,9-10,20H,1,8H2/b12-9+. The first-order valence-corrected chi connectivity index (χ1v) is 7.85. The van der Waals surface area contributed by atoms with E-state index >= 15 is 0 Å². The van der Waals surface area contributed by atoms with Gasteiger partial charge in [0.2, 0.25) is 5.88 Å². The lowest BCUT2D eigenvalue weighted by Crippen LogP contribution is -2.01. The van der Waals surface area contributed by atoms with Crippen LogP contribution in [0.2, 0.25) is 0 Å². The van der Waals surface area contributed by atoms with E-state index in [9.17, 15) is 5.11 Å². The van der Waals surface area contributed by atoms with Crippen molar-refractivity contribution in [3.8, 4) is 5.88 Å². The molecule has 0 amide bonds. The third kappa shape index (κ3) is 2.70. The van der Waals surface area contributed by atoms with Gasteiger partial charge in [-0.15, -0.1) is 23.0 Å². The van der Waals surface area contributed by atoms with Gasteiger partial charge in [-0.2, -0.15) is 5.10 Å². The molecule has 3 rings (SSSR count). The Labute approximate surface area is 137 Å². The normalized spacial score (nSPS) is 15.3. The average Bonchev–Trinajstić information content (AvgIpc) is 3.09. The van der Waals surface area contributed by atoms with Gasteiger partial charge in [-0.1, -0.05) is 36.4 Å². The first kappa shape index (κ1) is 14.6. The third-order valence-corrected chi connectivity index (χ3v) is 4.55. The van der Waals surface area contributed by atoms with Gasteiger partial charge in [0.1, 0.15) is 5.71 Å². The quantitative estimate of drug-likeness (QED) is 0.680. The Morgan fingerprint density at radius 3 is 2.82 bits per heavy atom. The van der Waals surface area contributed by atoms with E-state index in [4.69, 9.17) is 12.2 Å². The highest BCUT2D eigenvalue weighted by molar-refractivity contribution is 7.73. The van der Waals surface area contributed by atoms with Crippen molar-refractivity contribution >= 4 is 41.6 Å². The number of aromatic hydroxyl groups is 1. The molecule has 22 heavy (non-hydrogen) atoms. The SMILES string of the molecule is C=CCn1c(O)c(/C=C2\C=NN=C2c2ccccc2)sc1=S. The van der Waals surface area contributed by atoms with Crippen molar-refractivity contribution < 1.29 is 5.11 Å². The maximum atomic E-state index is 10.3. The van der Waals surface area contributed by atoms with Crippen molar-refractivity contribution in [2.75, 3.05) is 0 Å². The van der Waals surface area contributed by atoms with Gasteiger partial charge in [0.15, 0.2) is 3.95 Å². The van der Waals surface area contributed by atoms with Gasteiger partial charge >= 0.3 is 0 Å². The molecule has 0 saturated heterocycles. The summed E-state index contributed by atoms with van der Waals surface area (Å²) in [7, 11) is 0. The summed E-state index contributed by atoms with van der Waals surface area (Å²) in [6.45, 7) is 4.16. The van der Waals surface area contributed by atoms with E-state index < -0.39 is 0 Å². The number of nitrogens with zero attached hydrogens (tertiary/aromatic N) is 3. The summed E-state index contributed by atoms with van der Waals surface area (Å²) in [5, 5.41) is 18.4. The lowest BCUT2D eigenvalue weighted by Gasteiger charge is -2.02. The Balaban J connectivity index is 2.01.